The lowest BCUT2D eigenvalue weighted by Crippen LogP contribution is -2.58. The van der Waals surface area contributed by atoms with Gasteiger partial charge in [-0.05, 0) is 89.3 Å². The molecule has 1 aromatic carbocycles. The van der Waals surface area contributed by atoms with Crippen LogP contribution in [0.25, 0.3) is 10.9 Å². The van der Waals surface area contributed by atoms with Crippen molar-refractivity contribution in [2.45, 2.75) is 151 Å². The van der Waals surface area contributed by atoms with Crippen LogP contribution in [0.3, 0.4) is 0 Å². The lowest BCUT2D eigenvalue weighted by Gasteiger charge is -2.38. The Bertz CT molecular complexity index is 2190. The minimum atomic E-state index is -4.04. The standard InChI is InChI=1S/C43H56FN5O9S/c1-24(2)25(3)57-40(53)46-32-12-10-8-6-7-9-11-27-20-43(27,39(52)48-59(54,55)41(4)17-18-41)47-37(50)33-22-42(23-49(33)38(32)51)21-30(44)34-29-19-28(56-5)15-16-31(29)45-35(26-13-14-26)36(34)58-42/h9,11,15-16,19,24-27,30,32-33H,6-8,10,12-14,17-18,20-23H2,1-5H3,(H,46,53)(H,47,50)(H,48,52)/b11-9-/t25-,27-,30-,32+,33+,42-,43-/m1/s1. The molecular formula is C43H56FN5O9S. The summed E-state index contributed by atoms with van der Waals surface area (Å²) in [6, 6.07) is 2.98. The predicted molar refractivity (Wildman–Crippen MR) is 216 cm³/mol. The predicted octanol–water partition coefficient (Wildman–Crippen LogP) is 5.79. The molecule has 1 aromatic heterocycles. The van der Waals surface area contributed by atoms with Gasteiger partial charge in [0, 0.05) is 35.6 Å². The fraction of sp³-hybridized carbons (Fsp3) is 0.651. The van der Waals surface area contributed by atoms with Crippen molar-refractivity contribution in [3.8, 4) is 11.5 Å². The Kier molecular flexibility index (Phi) is 10.6. The highest BCUT2D eigenvalue weighted by Gasteiger charge is 2.64. The average molecular weight is 838 g/mol. The van der Waals surface area contributed by atoms with Crippen LogP contribution < -0.4 is 24.8 Å². The second-order valence-corrected chi connectivity index (χ2v) is 20.5. The van der Waals surface area contributed by atoms with E-state index in [2.05, 4.69) is 15.4 Å². The van der Waals surface area contributed by atoms with Gasteiger partial charge in [0.25, 0.3) is 5.91 Å². The molecule has 3 aliphatic carbocycles. The van der Waals surface area contributed by atoms with Crippen molar-refractivity contribution in [2.24, 2.45) is 11.8 Å². The molecule has 59 heavy (non-hydrogen) atoms. The first-order valence-corrected chi connectivity index (χ1v) is 22.6. The molecule has 7 atom stereocenters. The molecular weight excluding hydrogens is 782 g/mol. The van der Waals surface area contributed by atoms with E-state index >= 15 is 4.39 Å². The number of fused-ring (bicyclic) bond motifs is 5. The van der Waals surface area contributed by atoms with Gasteiger partial charge in [-0.3, -0.25) is 19.1 Å². The summed E-state index contributed by atoms with van der Waals surface area (Å²) in [7, 11) is -2.51. The summed E-state index contributed by atoms with van der Waals surface area (Å²) >= 11 is 0. The quantitative estimate of drug-likeness (QED) is 0.276. The highest BCUT2D eigenvalue weighted by molar-refractivity contribution is 7.91. The number of alkyl halides is 1. The summed E-state index contributed by atoms with van der Waals surface area (Å²) in [5.74, 6) is -1.65. The number of carbonyl (C=O) groups is 4. The van der Waals surface area contributed by atoms with Gasteiger partial charge in [0.1, 0.15) is 47.0 Å². The van der Waals surface area contributed by atoms with Crippen LogP contribution in [0.1, 0.15) is 128 Å². The number of hydrogen-bond acceptors (Lipinski definition) is 10. The fourth-order valence-electron chi connectivity index (χ4n) is 8.82. The van der Waals surface area contributed by atoms with Crippen LogP contribution >= 0.6 is 0 Å². The van der Waals surface area contributed by atoms with Crippen LogP contribution in [0.5, 0.6) is 11.5 Å². The number of alkyl carbamates (subject to hydrolysis) is 1. The third-order valence-electron chi connectivity index (χ3n) is 13.5. The Hall–Kier alpha value is -4.47. The molecule has 0 radical (unpaired) electrons. The number of rotatable bonds is 8. The molecule has 2 aromatic rings. The molecule has 3 aliphatic heterocycles. The van der Waals surface area contributed by atoms with Crippen LogP contribution in [0, 0.1) is 11.8 Å². The summed E-state index contributed by atoms with van der Waals surface area (Å²) in [4.78, 5) is 63.3. The molecule has 4 fully saturated rings. The number of amides is 4. The monoisotopic (exact) mass is 837 g/mol. The number of ether oxygens (including phenoxy) is 3. The molecule has 4 amide bonds. The Morgan fingerprint density at radius 3 is 2.53 bits per heavy atom. The number of nitrogens with zero attached hydrogens (tertiary/aromatic N) is 2. The van der Waals surface area contributed by atoms with Gasteiger partial charge < -0.3 is 29.7 Å². The van der Waals surface area contributed by atoms with Crippen LogP contribution in [-0.2, 0) is 29.1 Å². The van der Waals surface area contributed by atoms with Crippen molar-refractivity contribution < 1.29 is 46.2 Å². The Balaban J connectivity index is 1.16. The van der Waals surface area contributed by atoms with E-state index in [1.807, 2.05) is 26.0 Å². The van der Waals surface area contributed by atoms with Gasteiger partial charge in [-0.25, -0.2) is 22.6 Å². The molecule has 3 N–H and O–H groups in total. The van der Waals surface area contributed by atoms with E-state index in [1.165, 1.54) is 12.0 Å². The van der Waals surface area contributed by atoms with E-state index in [-0.39, 0.29) is 44.1 Å². The molecule has 6 aliphatic rings. The molecule has 3 saturated carbocycles. The van der Waals surface area contributed by atoms with Crippen LogP contribution in [0.15, 0.2) is 30.4 Å². The van der Waals surface area contributed by atoms with E-state index in [1.54, 1.807) is 32.0 Å². The normalized spacial score (nSPS) is 31.3. The van der Waals surface area contributed by atoms with Gasteiger partial charge in [0.2, 0.25) is 21.8 Å². The van der Waals surface area contributed by atoms with E-state index in [4.69, 9.17) is 19.2 Å². The number of sulfonamides is 1. The first kappa shape index (κ1) is 41.3. The van der Waals surface area contributed by atoms with Gasteiger partial charge in [0.15, 0.2) is 0 Å². The maximum atomic E-state index is 17.1. The van der Waals surface area contributed by atoms with Gasteiger partial charge in [-0.15, -0.1) is 0 Å². The number of carbonyl (C=O) groups excluding carboxylic acids is 4. The number of aromatic nitrogens is 1. The molecule has 320 valence electrons. The topological polar surface area (TPSA) is 182 Å². The Morgan fingerprint density at radius 1 is 1.07 bits per heavy atom. The molecule has 1 saturated heterocycles. The number of pyridine rings is 1. The molecule has 4 heterocycles. The number of benzene rings is 1. The van der Waals surface area contributed by atoms with Crippen molar-refractivity contribution in [3.63, 3.8) is 0 Å². The average Bonchev–Trinajstić information content (AvgIpc) is 4.12. The van der Waals surface area contributed by atoms with Gasteiger partial charge in [-0.2, -0.15) is 0 Å². The second-order valence-electron chi connectivity index (χ2n) is 18.3. The maximum absolute atomic E-state index is 17.1. The van der Waals surface area contributed by atoms with E-state index in [0.29, 0.717) is 59.3 Å². The summed E-state index contributed by atoms with van der Waals surface area (Å²) < 4.78 is 62.8. The Labute approximate surface area is 344 Å². The van der Waals surface area contributed by atoms with E-state index in [9.17, 15) is 27.6 Å². The number of hydrogen-bond donors (Lipinski definition) is 3. The van der Waals surface area contributed by atoms with Crippen LogP contribution in [-0.4, -0.2) is 89.8 Å². The third-order valence-corrected chi connectivity index (χ3v) is 15.7. The molecule has 14 nitrogen and oxygen atoms in total. The van der Waals surface area contributed by atoms with Crippen LogP contribution in [0.4, 0.5) is 9.18 Å². The smallest absolute Gasteiger partial charge is 0.408 e. The lowest BCUT2D eigenvalue weighted by atomic mass is 9.85. The van der Waals surface area contributed by atoms with Crippen molar-refractivity contribution in [1.82, 2.24) is 25.2 Å². The highest BCUT2D eigenvalue weighted by Crippen LogP contribution is 2.55. The molecule has 8 rings (SSSR count). The molecule has 0 bridgehead atoms. The minimum Gasteiger partial charge on any atom is -0.497 e. The van der Waals surface area contributed by atoms with Crippen molar-refractivity contribution in [3.05, 3.63) is 41.6 Å². The van der Waals surface area contributed by atoms with Crippen molar-refractivity contribution >= 4 is 44.7 Å². The fourth-order valence-corrected chi connectivity index (χ4v) is 10.1. The highest BCUT2D eigenvalue weighted by atomic mass is 32.2. The summed E-state index contributed by atoms with van der Waals surface area (Å²) in [5, 5.41) is 6.23. The zero-order valence-electron chi connectivity index (χ0n) is 34.5. The molecule has 1 spiro atoms. The summed E-state index contributed by atoms with van der Waals surface area (Å²) in [6.07, 6.45) is 6.41. The first-order valence-electron chi connectivity index (χ1n) is 21.2. The second kappa shape index (κ2) is 15.2. The van der Waals surface area contributed by atoms with Crippen molar-refractivity contribution in [2.75, 3.05) is 13.7 Å². The zero-order valence-corrected chi connectivity index (χ0v) is 35.3. The van der Waals surface area contributed by atoms with Crippen molar-refractivity contribution in [1.29, 1.82) is 0 Å². The first-order chi connectivity index (χ1) is 28.0. The lowest BCUT2D eigenvalue weighted by molar-refractivity contribution is -0.141. The SMILES string of the molecule is COc1ccc2nc(C3CC3)c3c(c2c1)[C@H](F)C[C@]1(C[C@H]2C(=O)N[C@]4(C(=O)NS(=O)(=O)C5(C)CC5)C[C@H]4/C=C\CCCCC[C@H](NC(=O)O[C@H](C)C(C)C)C(=O)N2C1)O3. The van der Waals surface area contributed by atoms with E-state index in [0.717, 1.165) is 25.7 Å². The molecule has 0 unspecified atom stereocenters. The van der Waals surface area contributed by atoms with Gasteiger partial charge >= 0.3 is 6.09 Å². The van der Waals surface area contributed by atoms with Gasteiger partial charge in [-0.1, -0.05) is 38.8 Å². The largest absolute Gasteiger partial charge is 0.497 e. The number of nitrogens with one attached hydrogen (secondary N) is 3. The zero-order chi connectivity index (χ0) is 42.1. The number of methoxy groups -OCH3 is 1. The number of halogens is 1. The Morgan fingerprint density at radius 2 is 1.83 bits per heavy atom. The minimum absolute atomic E-state index is 0.0232. The van der Waals surface area contributed by atoms with E-state index < -0.39 is 80.0 Å². The summed E-state index contributed by atoms with van der Waals surface area (Å²) in [6.45, 7) is 6.99. The molecule has 16 heteroatoms. The maximum Gasteiger partial charge on any atom is 0.408 e. The van der Waals surface area contributed by atoms with Crippen LogP contribution in [0.2, 0.25) is 0 Å². The third kappa shape index (κ3) is 7.85. The number of allylic oxidation sites excluding steroid dienone is 1. The summed E-state index contributed by atoms with van der Waals surface area (Å²) in [5.41, 5.74) is -1.36. The van der Waals surface area contributed by atoms with Gasteiger partial charge in [0.05, 0.1) is 29.6 Å².